The summed E-state index contributed by atoms with van der Waals surface area (Å²) in [6, 6.07) is 7.15. The Morgan fingerprint density at radius 2 is 2.00 bits per heavy atom. The molecule has 0 unspecified atom stereocenters. The minimum atomic E-state index is -3.10. The van der Waals surface area contributed by atoms with Gasteiger partial charge in [-0.25, -0.2) is 18.6 Å². The Hall–Kier alpha value is -3.24. The second-order valence-corrected chi connectivity index (χ2v) is 7.85. The molecule has 1 saturated heterocycles. The summed E-state index contributed by atoms with van der Waals surface area (Å²) in [5.74, 6) is -3.83. The molecule has 0 spiro atoms. The van der Waals surface area contributed by atoms with Crippen molar-refractivity contribution < 1.29 is 27.4 Å². The maximum absolute atomic E-state index is 14.7. The molecule has 1 aliphatic heterocycles. The van der Waals surface area contributed by atoms with Crippen LogP contribution >= 0.6 is 0 Å². The van der Waals surface area contributed by atoms with Crippen molar-refractivity contribution in [2.45, 2.75) is 31.9 Å². The van der Waals surface area contributed by atoms with Crippen LogP contribution in [0.4, 0.5) is 23.8 Å². The van der Waals surface area contributed by atoms with Crippen molar-refractivity contribution in [1.82, 2.24) is 20.2 Å². The SMILES string of the molecule is CN(C)C(=O)NCc1ccc(O[C@@H]2CCN(c3ncnc(OCC(C)(F)F)c3F)C2)cc1. The standard InChI is InChI=1S/C21H26F3N5O3/c1-21(23,24)12-31-19-17(22)18(26-13-27-19)29-9-8-16(11-29)32-15-6-4-14(5-7-15)10-25-20(30)28(2)3/h4-7,13,16H,8-12H2,1-3H3,(H,25,30)/t16-/m1/s1. The highest BCUT2D eigenvalue weighted by Crippen LogP contribution is 2.28. The summed E-state index contributed by atoms with van der Waals surface area (Å²) in [5.41, 5.74) is 0.925. The van der Waals surface area contributed by atoms with Crippen molar-refractivity contribution in [3.63, 3.8) is 0 Å². The summed E-state index contributed by atoms with van der Waals surface area (Å²) in [5, 5.41) is 2.78. The van der Waals surface area contributed by atoms with Crippen molar-refractivity contribution in [2.75, 3.05) is 38.7 Å². The molecule has 1 fully saturated rings. The number of hydrogen-bond donors (Lipinski definition) is 1. The van der Waals surface area contributed by atoms with E-state index in [0.717, 1.165) is 11.9 Å². The summed E-state index contributed by atoms with van der Waals surface area (Å²) < 4.78 is 51.5. The number of anilines is 1. The van der Waals surface area contributed by atoms with Crippen LogP contribution in [0, 0.1) is 5.82 Å². The van der Waals surface area contributed by atoms with Crippen LogP contribution in [0.15, 0.2) is 30.6 Å². The van der Waals surface area contributed by atoms with Crippen molar-refractivity contribution >= 4 is 11.8 Å². The Labute approximate surface area is 184 Å². The molecule has 2 heterocycles. The van der Waals surface area contributed by atoms with Crippen molar-refractivity contribution in [1.29, 1.82) is 0 Å². The number of nitrogens with zero attached hydrogens (tertiary/aromatic N) is 4. The van der Waals surface area contributed by atoms with Gasteiger partial charge in [0.25, 0.3) is 11.8 Å². The Kier molecular flexibility index (Phi) is 7.26. The van der Waals surface area contributed by atoms with Crippen LogP contribution in [0.2, 0.25) is 0 Å². The van der Waals surface area contributed by atoms with Crippen LogP contribution in [0.3, 0.4) is 0 Å². The summed E-state index contributed by atoms with van der Waals surface area (Å²) >= 11 is 0. The first-order chi connectivity index (χ1) is 15.1. The number of alkyl halides is 2. The molecular weight excluding hydrogens is 427 g/mol. The molecule has 0 radical (unpaired) electrons. The Balaban J connectivity index is 1.55. The average Bonchev–Trinajstić information content (AvgIpc) is 3.19. The van der Waals surface area contributed by atoms with Crippen LogP contribution in [0.1, 0.15) is 18.9 Å². The molecule has 0 bridgehead atoms. The highest BCUT2D eigenvalue weighted by Gasteiger charge is 2.29. The van der Waals surface area contributed by atoms with Gasteiger partial charge in [0.1, 0.15) is 18.2 Å². The monoisotopic (exact) mass is 453 g/mol. The van der Waals surface area contributed by atoms with Gasteiger partial charge in [0.2, 0.25) is 5.82 Å². The fourth-order valence-electron chi connectivity index (χ4n) is 3.09. The third-order valence-corrected chi connectivity index (χ3v) is 4.72. The highest BCUT2D eigenvalue weighted by atomic mass is 19.3. The van der Waals surface area contributed by atoms with E-state index in [0.29, 0.717) is 38.7 Å². The summed E-state index contributed by atoms with van der Waals surface area (Å²) in [6.45, 7) is 0.965. The minimum absolute atomic E-state index is 0.00694. The topological polar surface area (TPSA) is 79.8 Å². The van der Waals surface area contributed by atoms with Crippen LogP contribution < -0.4 is 19.7 Å². The Morgan fingerprint density at radius 3 is 2.66 bits per heavy atom. The first-order valence-corrected chi connectivity index (χ1v) is 10.1. The zero-order valence-electron chi connectivity index (χ0n) is 18.1. The number of ether oxygens (including phenoxy) is 2. The second kappa shape index (κ2) is 9.92. The quantitative estimate of drug-likeness (QED) is 0.662. The molecule has 0 saturated carbocycles. The number of benzene rings is 1. The predicted octanol–water partition coefficient (Wildman–Crippen LogP) is 3.08. The van der Waals surface area contributed by atoms with Crippen LogP contribution in [-0.4, -0.2) is 66.7 Å². The smallest absolute Gasteiger partial charge is 0.317 e. The lowest BCUT2D eigenvalue weighted by atomic mass is 10.2. The first kappa shape index (κ1) is 23.4. The molecule has 1 aliphatic rings. The number of urea groups is 1. The van der Waals surface area contributed by atoms with Gasteiger partial charge in [0.05, 0.1) is 6.54 Å². The predicted molar refractivity (Wildman–Crippen MR) is 112 cm³/mol. The third-order valence-electron chi connectivity index (χ3n) is 4.72. The van der Waals surface area contributed by atoms with Gasteiger partial charge in [-0.15, -0.1) is 0 Å². The summed E-state index contributed by atoms with van der Waals surface area (Å²) in [7, 11) is 3.34. The van der Waals surface area contributed by atoms with E-state index in [1.165, 1.54) is 4.90 Å². The number of nitrogens with one attached hydrogen (secondary N) is 1. The zero-order chi connectivity index (χ0) is 23.3. The van der Waals surface area contributed by atoms with Gasteiger partial charge in [-0.2, -0.15) is 9.37 Å². The normalized spacial score (nSPS) is 16.1. The molecule has 32 heavy (non-hydrogen) atoms. The number of rotatable bonds is 8. The van der Waals surface area contributed by atoms with Gasteiger partial charge >= 0.3 is 6.03 Å². The average molecular weight is 453 g/mol. The lowest BCUT2D eigenvalue weighted by molar-refractivity contribution is -0.0253. The Morgan fingerprint density at radius 1 is 1.28 bits per heavy atom. The van der Waals surface area contributed by atoms with Gasteiger partial charge < -0.3 is 24.6 Å². The van der Waals surface area contributed by atoms with E-state index >= 15 is 0 Å². The lowest BCUT2D eigenvalue weighted by Crippen LogP contribution is -2.33. The number of hydrogen-bond acceptors (Lipinski definition) is 6. The lowest BCUT2D eigenvalue weighted by Gasteiger charge is -2.19. The molecule has 1 aromatic heterocycles. The number of aromatic nitrogens is 2. The maximum atomic E-state index is 14.7. The van der Waals surface area contributed by atoms with Crippen LogP contribution in [0.5, 0.6) is 11.6 Å². The van der Waals surface area contributed by atoms with Crippen LogP contribution in [0.25, 0.3) is 0 Å². The van der Waals surface area contributed by atoms with E-state index in [9.17, 15) is 18.0 Å². The van der Waals surface area contributed by atoms with E-state index in [-0.39, 0.29) is 18.0 Å². The minimum Gasteiger partial charge on any atom is -0.489 e. The number of amides is 2. The highest BCUT2D eigenvalue weighted by molar-refractivity contribution is 5.73. The molecule has 3 rings (SSSR count). The van der Waals surface area contributed by atoms with Gasteiger partial charge in [-0.05, 0) is 17.7 Å². The van der Waals surface area contributed by atoms with Crippen molar-refractivity contribution in [2.24, 2.45) is 0 Å². The van der Waals surface area contributed by atoms with E-state index in [1.807, 2.05) is 24.3 Å². The van der Waals surface area contributed by atoms with Gasteiger partial charge in [0.15, 0.2) is 12.4 Å². The molecule has 11 heteroatoms. The number of carbonyl (C=O) groups is 1. The molecule has 174 valence electrons. The first-order valence-electron chi connectivity index (χ1n) is 10.1. The van der Waals surface area contributed by atoms with E-state index in [2.05, 4.69) is 15.3 Å². The number of halogens is 3. The summed E-state index contributed by atoms with van der Waals surface area (Å²) in [6.07, 6.45) is 1.52. The third kappa shape index (κ3) is 6.38. The molecule has 2 aromatic rings. The molecule has 0 aliphatic carbocycles. The van der Waals surface area contributed by atoms with Crippen LogP contribution in [-0.2, 0) is 6.54 Å². The second-order valence-electron chi connectivity index (χ2n) is 7.85. The fourth-order valence-corrected chi connectivity index (χ4v) is 3.09. The van der Waals surface area contributed by atoms with Crippen molar-refractivity contribution in [3.8, 4) is 11.6 Å². The fraction of sp³-hybridized carbons (Fsp3) is 0.476. The molecular formula is C21H26F3N5O3. The van der Waals surface area contributed by atoms with Gasteiger partial charge in [-0.1, -0.05) is 12.1 Å². The molecule has 2 amide bonds. The molecule has 1 N–H and O–H groups in total. The summed E-state index contributed by atoms with van der Waals surface area (Å²) in [4.78, 5) is 22.3. The van der Waals surface area contributed by atoms with Gasteiger partial charge in [0, 0.05) is 40.5 Å². The van der Waals surface area contributed by atoms with Gasteiger partial charge in [-0.3, -0.25) is 0 Å². The molecule has 1 aromatic carbocycles. The largest absolute Gasteiger partial charge is 0.489 e. The number of carbonyl (C=O) groups excluding carboxylic acids is 1. The zero-order valence-corrected chi connectivity index (χ0v) is 18.1. The van der Waals surface area contributed by atoms with E-state index < -0.39 is 24.2 Å². The van der Waals surface area contributed by atoms with Crippen molar-refractivity contribution in [3.05, 3.63) is 42.0 Å². The molecule has 8 nitrogen and oxygen atoms in total. The Bertz CT molecular complexity index is 922. The molecule has 1 atom stereocenters. The maximum Gasteiger partial charge on any atom is 0.317 e. The van der Waals surface area contributed by atoms with E-state index in [4.69, 9.17) is 9.47 Å². The van der Waals surface area contributed by atoms with E-state index in [1.54, 1.807) is 19.0 Å².